The topological polar surface area (TPSA) is 58.4 Å². The summed E-state index contributed by atoms with van der Waals surface area (Å²) in [7, 11) is 0. The smallest absolute Gasteiger partial charge is 0.234 e. The maximum absolute atomic E-state index is 12.0. The molecule has 1 saturated heterocycles. The molecule has 2 rings (SSSR count). The highest BCUT2D eigenvalue weighted by atomic mass is 35.5. The molecule has 1 amide bonds. The van der Waals surface area contributed by atoms with Crippen LogP contribution in [0, 0.1) is 5.92 Å². The minimum atomic E-state index is 0. The fourth-order valence-electron chi connectivity index (χ4n) is 3.31. The van der Waals surface area contributed by atoms with Crippen molar-refractivity contribution in [1.82, 2.24) is 10.2 Å². The highest BCUT2D eigenvalue weighted by molar-refractivity contribution is 5.85. The maximum atomic E-state index is 12.0. The SMILES string of the molecule is Cl.NCCC1CCCN(CC(=O)NC2CCCC2)C1. The van der Waals surface area contributed by atoms with Crippen molar-refractivity contribution < 1.29 is 4.79 Å². The predicted molar refractivity (Wildman–Crippen MR) is 80.5 cm³/mol. The number of halogens is 1. The van der Waals surface area contributed by atoms with Crippen LogP contribution in [0.25, 0.3) is 0 Å². The second-order valence-electron chi connectivity index (χ2n) is 5.87. The summed E-state index contributed by atoms with van der Waals surface area (Å²) in [4.78, 5) is 14.3. The highest BCUT2D eigenvalue weighted by Crippen LogP contribution is 2.19. The van der Waals surface area contributed by atoms with Gasteiger partial charge in [0.15, 0.2) is 0 Å². The Bertz CT molecular complexity index is 267. The third-order valence-electron chi connectivity index (χ3n) is 4.27. The van der Waals surface area contributed by atoms with Crippen molar-refractivity contribution in [3.63, 3.8) is 0 Å². The van der Waals surface area contributed by atoms with Gasteiger partial charge in [-0.2, -0.15) is 0 Å². The van der Waals surface area contributed by atoms with Gasteiger partial charge in [0.1, 0.15) is 0 Å². The molecule has 19 heavy (non-hydrogen) atoms. The van der Waals surface area contributed by atoms with Crippen molar-refractivity contribution in [3.8, 4) is 0 Å². The summed E-state index contributed by atoms with van der Waals surface area (Å²) in [5.74, 6) is 0.915. The van der Waals surface area contributed by atoms with E-state index in [-0.39, 0.29) is 18.3 Å². The predicted octanol–water partition coefficient (Wildman–Crippen LogP) is 1.53. The first-order valence-electron chi connectivity index (χ1n) is 7.49. The summed E-state index contributed by atoms with van der Waals surface area (Å²) in [5, 5.41) is 3.17. The molecule has 0 bridgehead atoms. The number of rotatable bonds is 5. The molecule has 1 unspecified atom stereocenters. The van der Waals surface area contributed by atoms with Gasteiger partial charge in [-0.1, -0.05) is 12.8 Å². The quantitative estimate of drug-likeness (QED) is 0.807. The van der Waals surface area contributed by atoms with Gasteiger partial charge in [-0.15, -0.1) is 12.4 Å². The van der Waals surface area contributed by atoms with Gasteiger partial charge in [-0.25, -0.2) is 0 Å². The van der Waals surface area contributed by atoms with Crippen molar-refractivity contribution in [1.29, 1.82) is 0 Å². The van der Waals surface area contributed by atoms with Crippen LogP contribution in [0.2, 0.25) is 0 Å². The lowest BCUT2D eigenvalue weighted by Gasteiger charge is -2.32. The molecule has 5 heteroatoms. The van der Waals surface area contributed by atoms with Gasteiger partial charge in [-0.05, 0) is 51.1 Å². The van der Waals surface area contributed by atoms with E-state index in [0.717, 1.165) is 26.1 Å². The number of hydrogen-bond donors (Lipinski definition) is 2. The zero-order valence-electron chi connectivity index (χ0n) is 11.8. The molecule has 0 aromatic carbocycles. The van der Waals surface area contributed by atoms with Crippen molar-refractivity contribution >= 4 is 18.3 Å². The Labute approximate surface area is 122 Å². The van der Waals surface area contributed by atoms with Gasteiger partial charge in [0, 0.05) is 12.6 Å². The van der Waals surface area contributed by atoms with E-state index in [0.29, 0.717) is 18.5 Å². The van der Waals surface area contributed by atoms with Crippen molar-refractivity contribution in [3.05, 3.63) is 0 Å². The van der Waals surface area contributed by atoms with E-state index in [2.05, 4.69) is 10.2 Å². The Hall–Kier alpha value is -0.320. The van der Waals surface area contributed by atoms with Crippen LogP contribution < -0.4 is 11.1 Å². The minimum Gasteiger partial charge on any atom is -0.352 e. The van der Waals surface area contributed by atoms with Crippen LogP contribution >= 0.6 is 12.4 Å². The Kier molecular flexibility index (Phi) is 7.73. The molecule has 3 N–H and O–H groups in total. The molecule has 0 aromatic heterocycles. The van der Waals surface area contributed by atoms with E-state index in [1.54, 1.807) is 0 Å². The lowest BCUT2D eigenvalue weighted by atomic mass is 9.95. The fourth-order valence-corrected chi connectivity index (χ4v) is 3.31. The molecule has 1 aliphatic heterocycles. The molecule has 1 heterocycles. The van der Waals surface area contributed by atoms with Crippen LogP contribution in [0.5, 0.6) is 0 Å². The number of likely N-dealkylation sites (tertiary alicyclic amines) is 1. The number of carbonyl (C=O) groups excluding carboxylic acids is 1. The van der Waals surface area contributed by atoms with Crippen LogP contribution in [-0.4, -0.2) is 43.0 Å². The normalized spacial score (nSPS) is 25.0. The fraction of sp³-hybridized carbons (Fsp3) is 0.929. The summed E-state index contributed by atoms with van der Waals surface area (Å²) < 4.78 is 0. The van der Waals surface area contributed by atoms with Crippen LogP contribution in [0.15, 0.2) is 0 Å². The van der Waals surface area contributed by atoms with E-state index in [1.165, 1.54) is 38.5 Å². The Morgan fingerprint density at radius 2 is 1.95 bits per heavy atom. The molecule has 0 radical (unpaired) electrons. The number of amides is 1. The molecule has 4 nitrogen and oxygen atoms in total. The molecule has 112 valence electrons. The average molecular weight is 290 g/mol. The third kappa shape index (κ3) is 5.67. The summed E-state index contributed by atoms with van der Waals surface area (Å²) in [6.45, 7) is 3.47. The van der Waals surface area contributed by atoms with Crippen LogP contribution in [0.1, 0.15) is 44.9 Å². The van der Waals surface area contributed by atoms with E-state index < -0.39 is 0 Å². The summed E-state index contributed by atoms with van der Waals surface area (Å²) >= 11 is 0. The van der Waals surface area contributed by atoms with Gasteiger partial charge in [-0.3, -0.25) is 9.69 Å². The number of nitrogens with two attached hydrogens (primary N) is 1. The summed E-state index contributed by atoms with van der Waals surface area (Å²) in [6, 6.07) is 0.446. The van der Waals surface area contributed by atoms with Gasteiger partial charge in [0.2, 0.25) is 5.91 Å². The first-order valence-corrected chi connectivity index (χ1v) is 7.49. The van der Waals surface area contributed by atoms with Crippen LogP contribution in [0.4, 0.5) is 0 Å². The van der Waals surface area contributed by atoms with Gasteiger partial charge in [0.05, 0.1) is 6.54 Å². The maximum Gasteiger partial charge on any atom is 0.234 e. The second-order valence-corrected chi connectivity index (χ2v) is 5.87. The van der Waals surface area contributed by atoms with E-state index in [1.807, 2.05) is 0 Å². The Morgan fingerprint density at radius 3 is 2.63 bits per heavy atom. The number of nitrogens with one attached hydrogen (secondary N) is 1. The van der Waals surface area contributed by atoms with Crippen LogP contribution in [-0.2, 0) is 4.79 Å². The number of nitrogens with zero attached hydrogens (tertiary/aromatic N) is 1. The zero-order chi connectivity index (χ0) is 12.8. The molecule has 0 spiro atoms. The summed E-state index contributed by atoms with van der Waals surface area (Å²) in [5.41, 5.74) is 5.62. The standard InChI is InChI=1S/C14H27N3O.ClH/c15-8-7-12-4-3-9-17(10-12)11-14(18)16-13-5-1-2-6-13;/h12-13H,1-11,15H2,(H,16,18);1H. The third-order valence-corrected chi connectivity index (χ3v) is 4.27. The molecule has 2 fully saturated rings. The lowest BCUT2D eigenvalue weighted by Crippen LogP contribution is -2.45. The second kappa shape index (κ2) is 8.77. The number of piperidine rings is 1. The van der Waals surface area contributed by atoms with E-state index in [9.17, 15) is 4.79 Å². The number of hydrogen-bond acceptors (Lipinski definition) is 3. The molecule has 0 aromatic rings. The molecule has 1 atom stereocenters. The average Bonchev–Trinajstić information content (AvgIpc) is 2.82. The lowest BCUT2D eigenvalue weighted by molar-refractivity contribution is -0.123. The van der Waals surface area contributed by atoms with Crippen molar-refractivity contribution in [2.45, 2.75) is 51.0 Å². The van der Waals surface area contributed by atoms with Crippen molar-refractivity contribution in [2.24, 2.45) is 11.7 Å². The highest BCUT2D eigenvalue weighted by Gasteiger charge is 2.22. The number of carbonyl (C=O) groups is 1. The largest absolute Gasteiger partial charge is 0.352 e. The van der Waals surface area contributed by atoms with Gasteiger partial charge >= 0.3 is 0 Å². The Balaban J connectivity index is 0.00000180. The van der Waals surface area contributed by atoms with Crippen molar-refractivity contribution in [2.75, 3.05) is 26.2 Å². The monoisotopic (exact) mass is 289 g/mol. The van der Waals surface area contributed by atoms with Gasteiger partial charge < -0.3 is 11.1 Å². The molecular weight excluding hydrogens is 262 g/mol. The minimum absolute atomic E-state index is 0. The Morgan fingerprint density at radius 1 is 1.21 bits per heavy atom. The molecule has 1 saturated carbocycles. The molecular formula is C14H28ClN3O. The molecule has 2 aliphatic rings. The van der Waals surface area contributed by atoms with E-state index in [4.69, 9.17) is 5.73 Å². The molecule has 1 aliphatic carbocycles. The first kappa shape index (κ1) is 16.7. The van der Waals surface area contributed by atoms with Gasteiger partial charge in [0.25, 0.3) is 0 Å². The van der Waals surface area contributed by atoms with Crippen LogP contribution in [0.3, 0.4) is 0 Å². The van der Waals surface area contributed by atoms with E-state index >= 15 is 0 Å². The first-order chi connectivity index (χ1) is 8.78. The zero-order valence-corrected chi connectivity index (χ0v) is 12.6. The summed E-state index contributed by atoms with van der Waals surface area (Å²) in [6.07, 6.45) is 8.46.